The Morgan fingerprint density at radius 1 is 1.64 bits per heavy atom. The number of nitrogens with two attached hydrogens (primary N) is 1. The standard InChI is InChI=1S/C9H16N2O3/c1-2-6(9(13)14)11-5-3-4-7(11)8(10)12/h6-7H,2-5H2,1H3,(H2,10,12)(H,13,14). The zero-order chi connectivity index (χ0) is 10.7. The van der Waals surface area contributed by atoms with E-state index in [1.54, 1.807) is 11.8 Å². The van der Waals surface area contributed by atoms with Gasteiger partial charge in [-0.15, -0.1) is 0 Å². The second kappa shape index (κ2) is 4.41. The highest BCUT2D eigenvalue weighted by Crippen LogP contribution is 2.21. The van der Waals surface area contributed by atoms with E-state index in [2.05, 4.69) is 0 Å². The SMILES string of the molecule is CCC(C(=O)O)N1CCCC1C(N)=O. The lowest BCUT2D eigenvalue weighted by Crippen LogP contribution is -2.48. The molecule has 1 heterocycles. The van der Waals surface area contributed by atoms with Gasteiger partial charge in [-0.25, -0.2) is 0 Å². The average molecular weight is 200 g/mol. The lowest BCUT2D eigenvalue weighted by Gasteiger charge is -2.27. The molecule has 1 aliphatic rings. The topological polar surface area (TPSA) is 83.6 Å². The number of rotatable bonds is 4. The smallest absolute Gasteiger partial charge is 0.320 e. The number of aliphatic carboxylic acids is 1. The van der Waals surface area contributed by atoms with Crippen molar-refractivity contribution >= 4 is 11.9 Å². The molecule has 0 aliphatic carbocycles. The summed E-state index contributed by atoms with van der Waals surface area (Å²) in [5.41, 5.74) is 5.21. The number of carbonyl (C=O) groups excluding carboxylic acids is 1. The van der Waals surface area contributed by atoms with E-state index >= 15 is 0 Å². The van der Waals surface area contributed by atoms with E-state index in [-0.39, 0.29) is 0 Å². The molecule has 1 fully saturated rings. The van der Waals surface area contributed by atoms with Crippen molar-refractivity contribution in [3.05, 3.63) is 0 Å². The maximum Gasteiger partial charge on any atom is 0.320 e. The summed E-state index contributed by atoms with van der Waals surface area (Å²) in [6.07, 6.45) is 2.02. The molecule has 0 aromatic heterocycles. The highest BCUT2D eigenvalue weighted by atomic mass is 16.4. The van der Waals surface area contributed by atoms with E-state index < -0.39 is 24.0 Å². The van der Waals surface area contributed by atoms with Crippen molar-refractivity contribution in [1.82, 2.24) is 4.90 Å². The number of primary amides is 1. The fourth-order valence-electron chi connectivity index (χ4n) is 2.02. The van der Waals surface area contributed by atoms with Gasteiger partial charge in [-0.1, -0.05) is 6.92 Å². The third-order valence-corrected chi connectivity index (χ3v) is 2.69. The maximum absolute atomic E-state index is 11.0. The lowest BCUT2D eigenvalue weighted by molar-refractivity contribution is -0.144. The third kappa shape index (κ3) is 2.04. The van der Waals surface area contributed by atoms with Crippen LogP contribution in [0.25, 0.3) is 0 Å². The molecule has 0 spiro atoms. The Morgan fingerprint density at radius 3 is 2.71 bits per heavy atom. The number of likely N-dealkylation sites (tertiary alicyclic amines) is 1. The van der Waals surface area contributed by atoms with Crippen molar-refractivity contribution in [3.8, 4) is 0 Å². The number of hydrogen-bond donors (Lipinski definition) is 2. The Bertz CT molecular complexity index is 242. The summed E-state index contributed by atoms with van der Waals surface area (Å²) in [5.74, 6) is -1.29. The first-order chi connectivity index (χ1) is 6.57. The summed E-state index contributed by atoms with van der Waals surface area (Å²) < 4.78 is 0. The zero-order valence-corrected chi connectivity index (χ0v) is 8.27. The molecule has 1 aliphatic heterocycles. The molecule has 5 heteroatoms. The number of hydrogen-bond acceptors (Lipinski definition) is 3. The molecule has 0 saturated carbocycles. The Hall–Kier alpha value is -1.10. The Morgan fingerprint density at radius 2 is 2.29 bits per heavy atom. The monoisotopic (exact) mass is 200 g/mol. The second-order valence-corrected chi connectivity index (χ2v) is 3.56. The van der Waals surface area contributed by atoms with Crippen LogP contribution in [0, 0.1) is 0 Å². The van der Waals surface area contributed by atoms with E-state index in [0.29, 0.717) is 19.4 Å². The summed E-state index contributed by atoms with van der Waals surface area (Å²) >= 11 is 0. The highest BCUT2D eigenvalue weighted by Gasteiger charge is 2.36. The minimum atomic E-state index is -0.874. The van der Waals surface area contributed by atoms with Crippen LogP contribution in [0.1, 0.15) is 26.2 Å². The summed E-state index contributed by atoms with van der Waals surface area (Å²) in [6, 6.07) is -0.967. The van der Waals surface area contributed by atoms with Crippen molar-refractivity contribution in [2.75, 3.05) is 6.54 Å². The van der Waals surface area contributed by atoms with Gasteiger partial charge >= 0.3 is 5.97 Å². The largest absolute Gasteiger partial charge is 0.480 e. The van der Waals surface area contributed by atoms with E-state index in [4.69, 9.17) is 10.8 Å². The number of nitrogens with zero attached hydrogens (tertiary/aromatic N) is 1. The van der Waals surface area contributed by atoms with Crippen molar-refractivity contribution in [3.63, 3.8) is 0 Å². The van der Waals surface area contributed by atoms with Gasteiger partial charge in [-0.3, -0.25) is 14.5 Å². The molecule has 3 N–H and O–H groups in total. The van der Waals surface area contributed by atoms with Crippen LogP contribution in [0.4, 0.5) is 0 Å². The van der Waals surface area contributed by atoms with E-state index in [1.807, 2.05) is 0 Å². The lowest BCUT2D eigenvalue weighted by atomic mass is 10.1. The fourth-order valence-corrected chi connectivity index (χ4v) is 2.02. The minimum Gasteiger partial charge on any atom is -0.480 e. The van der Waals surface area contributed by atoms with Crippen LogP contribution in [0.2, 0.25) is 0 Å². The fraction of sp³-hybridized carbons (Fsp3) is 0.778. The number of carbonyl (C=O) groups is 2. The summed E-state index contributed by atoms with van der Waals surface area (Å²) in [6.45, 7) is 2.45. The third-order valence-electron chi connectivity index (χ3n) is 2.69. The molecule has 2 unspecified atom stereocenters. The van der Waals surface area contributed by atoms with Crippen LogP contribution in [-0.2, 0) is 9.59 Å². The zero-order valence-electron chi connectivity index (χ0n) is 8.27. The van der Waals surface area contributed by atoms with E-state index in [0.717, 1.165) is 6.42 Å². The van der Waals surface area contributed by atoms with Gasteiger partial charge in [0.1, 0.15) is 6.04 Å². The maximum atomic E-state index is 11.0. The molecular formula is C9H16N2O3. The Kier molecular flexibility index (Phi) is 3.46. The molecule has 0 bridgehead atoms. The van der Waals surface area contributed by atoms with Crippen molar-refractivity contribution < 1.29 is 14.7 Å². The summed E-state index contributed by atoms with van der Waals surface area (Å²) in [4.78, 5) is 23.6. The predicted octanol–water partition coefficient (Wildman–Crippen LogP) is -0.201. The first kappa shape index (κ1) is 11.0. The van der Waals surface area contributed by atoms with Gasteiger partial charge in [0.05, 0.1) is 6.04 Å². The molecule has 0 aromatic rings. The van der Waals surface area contributed by atoms with E-state index in [1.165, 1.54) is 0 Å². The van der Waals surface area contributed by atoms with Gasteiger partial charge in [0.15, 0.2) is 0 Å². The van der Waals surface area contributed by atoms with Crippen molar-refractivity contribution in [2.45, 2.75) is 38.3 Å². The number of amides is 1. The van der Waals surface area contributed by atoms with Crippen LogP contribution in [0.15, 0.2) is 0 Å². The van der Waals surface area contributed by atoms with Crippen LogP contribution in [-0.4, -0.2) is 40.5 Å². The molecule has 0 radical (unpaired) electrons. The van der Waals surface area contributed by atoms with Gasteiger partial charge in [0.25, 0.3) is 0 Å². The first-order valence-corrected chi connectivity index (χ1v) is 4.85. The normalized spacial score (nSPS) is 24.8. The Balaban J connectivity index is 2.74. The summed E-state index contributed by atoms with van der Waals surface area (Å²) in [5, 5.41) is 8.94. The van der Waals surface area contributed by atoms with Gasteiger partial charge in [-0.2, -0.15) is 0 Å². The second-order valence-electron chi connectivity index (χ2n) is 3.56. The van der Waals surface area contributed by atoms with Crippen molar-refractivity contribution in [1.29, 1.82) is 0 Å². The van der Waals surface area contributed by atoms with Crippen LogP contribution >= 0.6 is 0 Å². The molecule has 2 atom stereocenters. The van der Waals surface area contributed by atoms with Crippen LogP contribution < -0.4 is 5.73 Å². The molecule has 1 rings (SSSR count). The predicted molar refractivity (Wildman–Crippen MR) is 50.6 cm³/mol. The molecule has 1 saturated heterocycles. The van der Waals surface area contributed by atoms with Crippen LogP contribution in [0.3, 0.4) is 0 Å². The number of carboxylic acid groups (broad SMARTS) is 1. The van der Waals surface area contributed by atoms with Crippen LogP contribution in [0.5, 0.6) is 0 Å². The van der Waals surface area contributed by atoms with Crippen molar-refractivity contribution in [2.24, 2.45) is 5.73 Å². The Labute approximate surface area is 82.9 Å². The molecule has 14 heavy (non-hydrogen) atoms. The molecule has 1 amide bonds. The minimum absolute atomic E-state index is 0.393. The number of carboxylic acids is 1. The molecular weight excluding hydrogens is 184 g/mol. The van der Waals surface area contributed by atoms with Gasteiger partial charge in [-0.05, 0) is 25.8 Å². The summed E-state index contributed by atoms with van der Waals surface area (Å²) in [7, 11) is 0. The quantitative estimate of drug-likeness (QED) is 0.658. The van der Waals surface area contributed by atoms with Gasteiger partial charge in [0, 0.05) is 0 Å². The molecule has 5 nitrogen and oxygen atoms in total. The average Bonchev–Trinajstić information content (AvgIpc) is 2.53. The molecule has 80 valence electrons. The first-order valence-electron chi connectivity index (χ1n) is 4.85. The van der Waals surface area contributed by atoms with Gasteiger partial charge in [0.2, 0.25) is 5.91 Å². The van der Waals surface area contributed by atoms with Gasteiger partial charge < -0.3 is 10.8 Å². The highest BCUT2D eigenvalue weighted by molar-refractivity contribution is 5.82. The molecule has 0 aromatic carbocycles. The van der Waals surface area contributed by atoms with E-state index in [9.17, 15) is 9.59 Å².